The van der Waals surface area contributed by atoms with Crippen molar-refractivity contribution in [1.82, 2.24) is 9.80 Å². The summed E-state index contributed by atoms with van der Waals surface area (Å²) in [6.45, 7) is 6.07. The van der Waals surface area contributed by atoms with Gasteiger partial charge in [-0.25, -0.2) is 0 Å². The van der Waals surface area contributed by atoms with Gasteiger partial charge in [0.2, 0.25) is 0 Å². The third-order valence-corrected chi connectivity index (χ3v) is 5.13. The van der Waals surface area contributed by atoms with E-state index in [0.29, 0.717) is 5.41 Å². The number of ether oxygens (including phenoxy) is 1. The summed E-state index contributed by atoms with van der Waals surface area (Å²) in [5, 5.41) is 0. The van der Waals surface area contributed by atoms with Crippen LogP contribution in [0.1, 0.15) is 24.8 Å². The zero-order valence-corrected chi connectivity index (χ0v) is 12.8. The SMILES string of the molecule is COc1ccccc1CN1CCC2(CCN(C)C2)CC1. The Morgan fingerprint density at radius 3 is 2.45 bits per heavy atom. The largest absolute Gasteiger partial charge is 0.496 e. The molecule has 0 radical (unpaired) electrons. The zero-order valence-electron chi connectivity index (χ0n) is 12.8. The normalized spacial score (nSPS) is 23.3. The van der Waals surface area contributed by atoms with Crippen LogP contribution in [0.3, 0.4) is 0 Å². The van der Waals surface area contributed by atoms with E-state index < -0.39 is 0 Å². The summed E-state index contributed by atoms with van der Waals surface area (Å²) in [4.78, 5) is 5.08. The Hall–Kier alpha value is -1.06. The van der Waals surface area contributed by atoms with Gasteiger partial charge in [-0.2, -0.15) is 0 Å². The highest BCUT2D eigenvalue weighted by atomic mass is 16.5. The number of likely N-dealkylation sites (tertiary alicyclic amines) is 2. The molecule has 1 aromatic carbocycles. The third kappa shape index (κ3) is 2.84. The number of benzene rings is 1. The van der Waals surface area contributed by atoms with E-state index in [4.69, 9.17) is 4.74 Å². The molecule has 0 bridgehead atoms. The summed E-state index contributed by atoms with van der Waals surface area (Å²) in [7, 11) is 4.02. The maximum atomic E-state index is 5.46. The minimum absolute atomic E-state index is 0.617. The average Bonchev–Trinajstić information content (AvgIpc) is 2.83. The minimum Gasteiger partial charge on any atom is -0.496 e. The lowest BCUT2D eigenvalue weighted by atomic mass is 9.77. The van der Waals surface area contributed by atoms with Crippen LogP contribution in [-0.4, -0.2) is 50.1 Å². The fourth-order valence-corrected chi connectivity index (χ4v) is 3.83. The average molecular weight is 274 g/mol. The van der Waals surface area contributed by atoms with Crippen LogP contribution < -0.4 is 4.74 Å². The fourth-order valence-electron chi connectivity index (χ4n) is 3.83. The van der Waals surface area contributed by atoms with Crippen molar-refractivity contribution in [2.45, 2.75) is 25.8 Å². The van der Waals surface area contributed by atoms with Gasteiger partial charge in [0.05, 0.1) is 7.11 Å². The molecule has 2 aliphatic heterocycles. The minimum atomic E-state index is 0.617. The molecule has 2 saturated heterocycles. The van der Waals surface area contributed by atoms with E-state index >= 15 is 0 Å². The lowest BCUT2D eigenvalue weighted by Gasteiger charge is -2.39. The number of hydrogen-bond donors (Lipinski definition) is 0. The highest BCUT2D eigenvalue weighted by molar-refractivity contribution is 5.33. The topological polar surface area (TPSA) is 15.7 Å². The zero-order chi connectivity index (χ0) is 14.0. The lowest BCUT2D eigenvalue weighted by Crippen LogP contribution is -2.40. The van der Waals surface area contributed by atoms with Gasteiger partial charge in [-0.15, -0.1) is 0 Å². The predicted molar refractivity (Wildman–Crippen MR) is 82.1 cm³/mol. The van der Waals surface area contributed by atoms with Gasteiger partial charge in [0.15, 0.2) is 0 Å². The number of rotatable bonds is 3. The van der Waals surface area contributed by atoms with Crippen LogP contribution in [-0.2, 0) is 6.54 Å². The summed E-state index contributed by atoms with van der Waals surface area (Å²) >= 11 is 0. The van der Waals surface area contributed by atoms with E-state index in [9.17, 15) is 0 Å². The second-order valence-electron chi connectivity index (χ2n) is 6.58. The molecule has 3 heteroatoms. The molecule has 0 unspecified atom stereocenters. The van der Waals surface area contributed by atoms with Crippen molar-refractivity contribution in [3.8, 4) is 5.75 Å². The van der Waals surface area contributed by atoms with Crippen LogP contribution in [0.2, 0.25) is 0 Å². The first-order valence-corrected chi connectivity index (χ1v) is 7.74. The van der Waals surface area contributed by atoms with Crippen LogP contribution in [0.4, 0.5) is 0 Å². The predicted octanol–water partition coefficient (Wildman–Crippen LogP) is 2.61. The molecule has 0 saturated carbocycles. The first kappa shape index (κ1) is 13.9. The van der Waals surface area contributed by atoms with Gasteiger partial charge in [0, 0.05) is 18.7 Å². The van der Waals surface area contributed by atoms with E-state index in [1.165, 1.54) is 51.0 Å². The van der Waals surface area contributed by atoms with Crippen LogP contribution in [0, 0.1) is 5.41 Å². The van der Waals surface area contributed by atoms with Crippen molar-refractivity contribution in [1.29, 1.82) is 0 Å². The molecule has 0 aromatic heterocycles. The molecule has 0 atom stereocenters. The molecule has 1 spiro atoms. The Balaban J connectivity index is 1.59. The van der Waals surface area contributed by atoms with Crippen LogP contribution >= 0.6 is 0 Å². The quantitative estimate of drug-likeness (QED) is 0.842. The molecule has 0 N–H and O–H groups in total. The number of piperidine rings is 1. The van der Waals surface area contributed by atoms with Gasteiger partial charge >= 0.3 is 0 Å². The third-order valence-electron chi connectivity index (χ3n) is 5.13. The number of hydrogen-bond acceptors (Lipinski definition) is 3. The van der Waals surface area contributed by atoms with E-state index in [1.807, 2.05) is 6.07 Å². The molecule has 1 aromatic rings. The molecule has 3 rings (SSSR count). The Morgan fingerprint density at radius 2 is 1.80 bits per heavy atom. The Labute approximate surface area is 122 Å². The fraction of sp³-hybridized carbons (Fsp3) is 0.647. The molecule has 20 heavy (non-hydrogen) atoms. The Morgan fingerprint density at radius 1 is 1.10 bits per heavy atom. The van der Waals surface area contributed by atoms with Crippen molar-refractivity contribution in [2.24, 2.45) is 5.41 Å². The van der Waals surface area contributed by atoms with Crippen LogP contribution in [0.25, 0.3) is 0 Å². The molecule has 2 heterocycles. The van der Waals surface area contributed by atoms with E-state index in [1.54, 1.807) is 7.11 Å². The van der Waals surface area contributed by atoms with Gasteiger partial charge < -0.3 is 9.64 Å². The molecule has 110 valence electrons. The van der Waals surface area contributed by atoms with Crippen molar-refractivity contribution in [3.05, 3.63) is 29.8 Å². The van der Waals surface area contributed by atoms with Gasteiger partial charge in [-0.1, -0.05) is 18.2 Å². The molecular formula is C17H26N2O. The lowest BCUT2D eigenvalue weighted by molar-refractivity contribution is 0.105. The summed E-state index contributed by atoms with van der Waals surface area (Å²) < 4.78 is 5.46. The first-order valence-electron chi connectivity index (χ1n) is 7.74. The Kier molecular flexibility index (Phi) is 3.99. The molecule has 2 aliphatic rings. The van der Waals surface area contributed by atoms with Crippen molar-refractivity contribution in [3.63, 3.8) is 0 Å². The summed E-state index contributed by atoms with van der Waals surface area (Å²) in [5.41, 5.74) is 1.93. The molecule has 2 fully saturated rings. The Bertz CT molecular complexity index is 452. The standard InChI is InChI=1S/C17H26N2O/c1-18-10-7-17(14-18)8-11-19(12-9-17)13-15-5-3-4-6-16(15)20-2/h3-6H,7-14H2,1-2H3. The monoisotopic (exact) mass is 274 g/mol. The van der Waals surface area contributed by atoms with Gasteiger partial charge in [0.1, 0.15) is 5.75 Å². The van der Waals surface area contributed by atoms with Crippen LogP contribution in [0.15, 0.2) is 24.3 Å². The summed E-state index contributed by atoms with van der Waals surface area (Å²) in [5.74, 6) is 1.02. The number of para-hydroxylation sites is 1. The molecular weight excluding hydrogens is 248 g/mol. The highest BCUT2D eigenvalue weighted by Crippen LogP contribution is 2.40. The smallest absolute Gasteiger partial charge is 0.123 e. The maximum absolute atomic E-state index is 5.46. The summed E-state index contributed by atoms with van der Waals surface area (Å²) in [6, 6.07) is 8.40. The highest BCUT2D eigenvalue weighted by Gasteiger charge is 2.39. The summed E-state index contributed by atoms with van der Waals surface area (Å²) in [6.07, 6.45) is 4.10. The van der Waals surface area contributed by atoms with Gasteiger partial charge in [0.25, 0.3) is 0 Å². The van der Waals surface area contributed by atoms with Gasteiger partial charge in [-0.3, -0.25) is 4.90 Å². The number of nitrogens with zero attached hydrogens (tertiary/aromatic N) is 2. The van der Waals surface area contributed by atoms with E-state index in [2.05, 4.69) is 35.0 Å². The first-order chi connectivity index (χ1) is 9.71. The molecule has 0 aliphatic carbocycles. The van der Waals surface area contributed by atoms with Gasteiger partial charge in [-0.05, 0) is 57.4 Å². The second-order valence-corrected chi connectivity index (χ2v) is 6.58. The molecule has 3 nitrogen and oxygen atoms in total. The van der Waals surface area contributed by atoms with E-state index in [-0.39, 0.29) is 0 Å². The van der Waals surface area contributed by atoms with Crippen molar-refractivity contribution < 1.29 is 4.74 Å². The van der Waals surface area contributed by atoms with Crippen LogP contribution in [0.5, 0.6) is 5.75 Å². The van der Waals surface area contributed by atoms with Crippen molar-refractivity contribution in [2.75, 3.05) is 40.3 Å². The number of methoxy groups -OCH3 is 1. The maximum Gasteiger partial charge on any atom is 0.123 e. The van der Waals surface area contributed by atoms with E-state index in [0.717, 1.165) is 12.3 Å². The molecule has 0 amide bonds. The second kappa shape index (κ2) is 5.74. The van der Waals surface area contributed by atoms with Crippen molar-refractivity contribution >= 4 is 0 Å².